The molecule has 0 saturated carbocycles. The number of morpholine rings is 1. The van der Waals surface area contributed by atoms with E-state index in [4.69, 9.17) is 51.3 Å². The first-order valence-electron chi connectivity index (χ1n) is 5.50. The van der Waals surface area contributed by atoms with Crippen LogP contribution in [0.4, 0.5) is 0 Å². The average molecular weight is 267 g/mol. The molecule has 8 radical (unpaired) electrons. The number of fused-ring (bicyclic) bond motifs is 2. The Labute approximate surface area is 121 Å². The number of allylic oxidation sites excluding steroid dienone is 2. The Bertz CT molecular complexity index is 503. The Morgan fingerprint density at radius 3 is 2.42 bits per heavy atom. The molecule has 88 valence electrons. The number of hydrogen-bond acceptors (Lipinski definition) is 5. The van der Waals surface area contributed by atoms with Gasteiger partial charge in [-0.1, -0.05) is 11.6 Å². The lowest BCUT2D eigenvalue weighted by atomic mass is 9.68. The molecular weight excluding hydrogens is 260 g/mol. The first kappa shape index (κ1) is 13.4. The SMILES string of the molecule is [B]C12[B]C1([B])N(/C(N)=C/C=C(\N)Cl)C1([B])[B]C1(O)O2. The molecule has 0 aromatic carbocycles. The van der Waals surface area contributed by atoms with E-state index in [0.717, 1.165) is 0 Å². The number of rotatable bonds is 2. The predicted octanol–water partition coefficient (Wildman–Crippen LogP) is -3.29. The van der Waals surface area contributed by atoms with Gasteiger partial charge in [0.05, 0.1) is 26.7 Å². The molecule has 0 aliphatic carbocycles. The molecule has 4 unspecified atom stereocenters. The van der Waals surface area contributed by atoms with E-state index in [1.54, 1.807) is 0 Å². The second-order valence-electron chi connectivity index (χ2n) is 5.01. The second-order valence-corrected chi connectivity index (χ2v) is 5.45. The molecule has 3 heterocycles. The topological polar surface area (TPSA) is 84.7 Å². The summed E-state index contributed by atoms with van der Waals surface area (Å²) in [5.41, 5.74) is 9.55. The summed E-state index contributed by atoms with van der Waals surface area (Å²) in [6.07, 6.45) is 2.80. The Hall–Kier alpha value is -0.585. The van der Waals surface area contributed by atoms with Gasteiger partial charge in [-0.05, 0) is 17.5 Å². The summed E-state index contributed by atoms with van der Waals surface area (Å²) in [5.74, 6) is 0.160. The van der Waals surface area contributed by atoms with Crippen LogP contribution in [-0.2, 0) is 4.74 Å². The molecule has 0 bridgehead atoms. The first-order chi connectivity index (χ1) is 8.58. The fraction of sp³-hybridized carbons (Fsp3) is 0.500. The zero-order chi connectivity index (χ0) is 14.3. The quantitative estimate of drug-likeness (QED) is 0.277. The van der Waals surface area contributed by atoms with Crippen molar-refractivity contribution in [2.75, 3.05) is 0 Å². The smallest absolute Gasteiger partial charge is 0.219 e. The summed E-state index contributed by atoms with van der Waals surface area (Å²) in [5, 5.41) is 6.32. The summed E-state index contributed by atoms with van der Waals surface area (Å²) in [4.78, 5) is 1.39. The van der Waals surface area contributed by atoms with Gasteiger partial charge in [0.1, 0.15) is 13.5 Å². The number of nitrogens with zero attached hydrogens (tertiary/aromatic N) is 1. The van der Waals surface area contributed by atoms with Gasteiger partial charge < -0.3 is 26.2 Å². The molecule has 0 amide bonds. The van der Waals surface area contributed by atoms with E-state index < -0.39 is 21.8 Å². The van der Waals surface area contributed by atoms with E-state index in [-0.39, 0.29) is 11.0 Å². The van der Waals surface area contributed by atoms with E-state index in [1.165, 1.54) is 31.6 Å². The highest BCUT2D eigenvalue weighted by atomic mass is 35.5. The van der Waals surface area contributed by atoms with Crippen LogP contribution in [0.2, 0.25) is 0 Å². The van der Waals surface area contributed by atoms with E-state index in [2.05, 4.69) is 0 Å². The highest BCUT2D eigenvalue weighted by molar-refractivity contribution is 6.83. The molecule has 3 aliphatic heterocycles. The zero-order valence-electron chi connectivity index (χ0n) is 9.88. The lowest BCUT2D eigenvalue weighted by molar-refractivity contribution is -0.180. The highest BCUT2D eigenvalue weighted by Gasteiger charge is 2.84. The molecule has 5 N–H and O–H groups in total. The Morgan fingerprint density at radius 2 is 1.84 bits per heavy atom. The van der Waals surface area contributed by atoms with Crippen LogP contribution in [0.25, 0.3) is 0 Å². The molecule has 3 saturated heterocycles. The summed E-state index contributed by atoms with van der Waals surface area (Å²) in [6, 6.07) is 0. The van der Waals surface area contributed by atoms with Gasteiger partial charge in [0.25, 0.3) is 0 Å². The predicted molar refractivity (Wildman–Crippen MR) is 75.2 cm³/mol. The van der Waals surface area contributed by atoms with Crippen LogP contribution in [0.15, 0.2) is 23.1 Å². The van der Waals surface area contributed by atoms with Crippen molar-refractivity contribution in [2.45, 2.75) is 21.8 Å². The maximum absolute atomic E-state index is 10.1. The molecule has 4 atom stereocenters. The molecule has 19 heavy (non-hydrogen) atoms. The van der Waals surface area contributed by atoms with Crippen LogP contribution in [-0.4, -0.2) is 69.9 Å². The van der Waals surface area contributed by atoms with E-state index in [1.807, 2.05) is 0 Å². The Morgan fingerprint density at radius 1 is 1.21 bits per heavy atom. The van der Waals surface area contributed by atoms with Gasteiger partial charge in [-0.3, -0.25) is 0 Å². The maximum Gasteiger partial charge on any atom is 0.219 e. The van der Waals surface area contributed by atoms with E-state index in [9.17, 15) is 5.11 Å². The number of halogens is 1. The number of hydrogen-bond donors (Lipinski definition) is 3. The highest BCUT2D eigenvalue weighted by Crippen LogP contribution is 2.61. The second kappa shape index (κ2) is 3.35. The van der Waals surface area contributed by atoms with Crippen LogP contribution in [0.3, 0.4) is 0 Å². The van der Waals surface area contributed by atoms with Crippen LogP contribution >= 0.6 is 11.6 Å². The summed E-state index contributed by atoms with van der Waals surface area (Å²) in [6.45, 7) is 0. The summed E-state index contributed by atoms with van der Waals surface area (Å²) >= 11 is 5.52. The van der Waals surface area contributed by atoms with Crippen molar-refractivity contribution >= 4 is 49.7 Å². The first-order valence-corrected chi connectivity index (χ1v) is 5.88. The van der Waals surface area contributed by atoms with Gasteiger partial charge in [-0.2, -0.15) is 0 Å². The molecule has 5 nitrogen and oxygen atoms in total. The largest absolute Gasteiger partial charge is 0.389 e. The van der Waals surface area contributed by atoms with Crippen molar-refractivity contribution in [1.29, 1.82) is 0 Å². The van der Waals surface area contributed by atoms with Gasteiger partial charge in [0, 0.05) is 10.7 Å². The fourth-order valence-corrected chi connectivity index (χ4v) is 2.53. The van der Waals surface area contributed by atoms with Crippen molar-refractivity contribution in [1.82, 2.24) is 4.90 Å². The standard InChI is InChI=1S/C8H7B5ClN3O2/c9-5-7(11,12-5)19-8(18)6(10,13-8)17(5)4(16)2-1-3(14)15/h1-2,18H,15-16H2/b3-1-,4-2+. The molecule has 0 aromatic rings. The molecule has 0 aromatic heterocycles. The van der Waals surface area contributed by atoms with Gasteiger partial charge in [-0.15, -0.1) is 0 Å². The van der Waals surface area contributed by atoms with E-state index >= 15 is 0 Å². The van der Waals surface area contributed by atoms with Gasteiger partial charge in [0.15, 0.2) is 7.28 Å². The monoisotopic (exact) mass is 267 g/mol. The van der Waals surface area contributed by atoms with E-state index in [0.29, 0.717) is 0 Å². The Balaban J connectivity index is 1.99. The van der Waals surface area contributed by atoms with Crippen LogP contribution in [0, 0.1) is 0 Å². The lowest BCUT2D eigenvalue weighted by Crippen LogP contribution is -2.62. The van der Waals surface area contributed by atoms with Crippen molar-refractivity contribution in [3.63, 3.8) is 0 Å². The van der Waals surface area contributed by atoms with Gasteiger partial charge in [0.2, 0.25) is 7.28 Å². The minimum atomic E-state index is -1.69. The van der Waals surface area contributed by atoms with Crippen LogP contribution in [0.5, 0.6) is 0 Å². The third kappa shape index (κ3) is 1.51. The molecule has 0 spiro atoms. The normalized spacial score (nSPS) is 51.6. The van der Waals surface area contributed by atoms with Crippen LogP contribution < -0.4 is 11.5 Å². The summed E-state index contributed by atoms with van der Waals surface area (Å²) < 4.78 is 5.30. The Kier molecular flexibility index (Phi) is 2.36. The number of nitrogens with two attached hydrogens (primary N) is 2. The molecule has 3 aliphatic rings. The number of aliphatic hydroxyl groups is 1. The van der Waals surface area contributed by atoms with Crippen molar-refractivity contribution in [2.24, 2.45) is 11.5 Å². The molecule has 11 heteroatoms. The van der Waals surface area contributed by atoms with Crippen molar-refractivity contribution in [3.05, 3.63) is 23.1 Å². The average Bonchev–Trinajstić information content (AvgIpc) is 2.96. The lowest BCUT2D eigenvalue weighted by Gasteiger charge is -2.49. The fourth-order valence-electron chi connectivity index (χ4n) is 2.47. The summed E-state index contributed by atoms with van der Waals surface area (Å²) in [7, 11) is 20.9. The minimum Gasteiger partial charge on any atom is -0.389 e. The molecular formula is C8H7B5ClN3O2. The third-order valence-electron chi connectivity index (χ3n) is 3.62. The molecule has 3 fully saturated rings. The third-order valence-corrected chi connectivity index (χ3v) is 3.75. The van der Waals surface area contributed by atoms with Gasteiger partial charge >= 0.3 is 0 Å². The van der Waals surface area contributed by atoms with Gasteiger partial charge in [-0.25, -0.2) is 0 Å². The number of ether oxygens (including phenoxy) is 1. The van der Waals surface area contributed by atoms with Crippen molar-refractivity contribution < 1.29 is 9.84 Å². The van der Waals surface area contributed by atoms with Crippen LogP contribution in [0.1, 0.15) is 0 Å². The minimum absolute atomic E-state index is 0.0437. The maximum atomic E-state index is 10.1. The molecule has 3 rings (SSSR count). The van der Waals surface area contributed by atoms with Crippen molar-refractivity contribution in [3.8, 4) is 0 Å². The zero-order valence-corrected chi connectivity index (χ0v) is 10.6.